The topological polar surface area (TPSA) is 58.8 Å². The van der Waals surface area contributed by atoms with E-state index in [1.807, 2.05) is 42.5 Å². The molecule has 0 fully saturated rings. The van der Waals surface area contributed by atoms with Crippen molar-refractivity contribution in [2.24, 2.45) is 0 Å². The van der Waals surface area contributed by atoms with Crippen LogP contribution in [0.1, 0.15) is 29.2 Å². The third kappa shape index (κ3) is 7.12. The number of fused-ring (bicyclic) bond motifs is 1. The second kappa shape index (κ2) is 12.1. The van der Waals surface area contributed by atoms with Crippen LogP contribution in [0, 0.1) is 11.6 Å². The van der Waals surface area contributed by atoms with E-state index in [2.05, 4.69) is 9.80 Å². The molecule has 3 aromatic carbocycles. The molecule has 0 aliphatic carbocycles. The molecular weight excluding hydrogens is 460 g/mol. The van der Waals surface area contributed by atoms with Crippen molar-refractivity contribution in [3.8, 4) is 0 Å². The zero-order chi connectivity index (χ0) is 25.5. The molecule has 36 heavy (non-hydrogen) atoms. The van der Waals surface area contributed by atoms with E-state index in [1.54, 1.807) is 13.0 Å². The Balaban J connectivity index is 1.51. The summed E-state index contributed by atoms with van der Waals surface area (Å²) in [4.78, 5) is 16.8. The van der Waals surface area contributed by atoms with E-state index in [0.717, 1.165) is 28.7 Å². The first-order chi connectivity index (χ1) is 17.4. The van der Waals surface area contributed by atoms with Crippen molar-refractivity contribution in [3.05, 3.63) is 101 Å². The predicted molar refractivity (Wildman–Crippen MR) is 137 cm³/mol. The largest absolute Gasteiger partial charge is 0.465 e. The third-order valence-corrected chi connectivity index (χ3v) is 6.62. The molecule has 0 radical (unpaired) electrons. The summed E-state index contributed by atoms with van der Waals surface area (Å²) >= 11 is 0. The lowest BCUT2D eigenvalue weighted by molar-refractivity contribution is -0.144. The molecule has 0 saturated heterocycles. The van der Waals surface area contributed by atoms with Gasteiger partial charge in [0.05, 0.1) is 13.2 Å². The lowest BCUT2D eigenvalue weighted by atomic mass is 9.90. The van der Waals surface area contributed by atoms with Gasteiger partial charge in [0.15, 0.2) is 0 Å². The second-order valence-corrected chi connectivity index (χ2v) is 9.33. The van der Waals surface area contributed by atoms with E-state index in [9.17, 15) is 13.6 Å². The minimum absolute atomic E-state index is 0.126. The number of hydrogen-bond acceptors (Lipinski definition) is 5. The summed E-state index contributed by atoms with van der Waals surface area (Å²) in [6.07, 6.45) is 1.43. The van der Waals surface area contributed by atoms with Crippen LogP contribution < -0.4 is 5.73 Å². The fraction of sp³-hybridized carbons (Fsp3) is 0.345. The smallest absolute Gasteiger partial charge is 0.320 e. The molecule has 3 aromatic rings. The molecule has 1 heterocycles. The molecule has 2 N–H and O–H groups in total. The minimum Gasteiger partial charge on any atom is -0.465 e. The van der Waals surface area contributed by atoms with Crippen molar-refractivity contribution in [1.82, 2.24) is 9.80 Å². The molecule has 5 nitrogen and oxygen atoms in total. The number of halogens is 2. The van der Waals surface area contributed by atoms with Gasteiger partial charge in [0, 0.05) is 37.9 Å². The molecule has 0 amide bonds. The highest BCUT2D eigenvalue weighted by atomic mass is 19.1. The van der Waals surface area contributed by atoms with Crippen LogP contribution in [-0.2, 0) is 35.5 Å². The Morgan fingerprint density at radius 3 is 2.56 bits per heavy atom. The van der Waals surface area contributed by atoms with Crippen molar-refractivity contribution in [1.29, 1.82) is 0 Å². The number of benzene rings is 3. The molecule has 1 atom stereocenters. The lowest BCUT2D eigenvalue weighted by Crippen LogP contribution is -2.46. The first-order valence-electron chi connectivity index (χ1n) is 12.4. The van der Waals surface area contributed by atoms with Gasteiger partial charge in [0.1, 0.15) is 11.6 Å². The quantitative estimate of drug-likeness (QED) is 0.331. The van der Waals surface area contributed by atoms with Gasteiger partial charge >= 0.3 is 5.97 Å². The summed E-state index contributed by atoms with van der Waals surface area (Å²) in [6, 6.07) is 19.3. The number of esters is 1. The van der Waals surface area contributed by atoms with E-state index in [0.29, 0.717) is 44.9 Å². The SMILES string of the molecule is CCOC(=O)CN(CCN1Cc2ccc(F)cc2CC1Cc1ccc(F)cc1)Cc1cccc(N)c1. The second-order valence-electron chi connectivity index (χ2n) is 9.33. The Labute approximate surface area is 211 Å². The molecule has 1 aliphatic rings. The summed E-state index contributed by atoms with van der Waals surface area (Å²) in [5, 5.41) is 0. The predicted octanol–water partition coefficient (Wildman–Crippen LogP) is 4.58. The summed E-state index contributed by atoms with van der Waals surface area (Å²) in [7, 11) is 0. The lowest BCUT2D eigenvalue weighted by Gasteiger charge is -2.38. The Morgan fingerprint density at radius 1 is 1.03 bits per heavy atom. The molecule has 4 rings (SSSR count). The molecule has 0 spiro atoms. The highest BCUT2D eigenvalue weighted by Crippen LogP contribution is 2.26. The average Bonchev–Trinajstić information content (AvgIpc) is 2.84. The van der Waals surface area contributed by atoms with Gasteiger partial charge in [0.25, 0.3) is 0 Å². The molecule has 190 valence electrons. The van der Waals surface area contributed by atoms with Crippen molar-refractivity contribution < 1.29 is 18.3 Å². The zero-order valence-electron chi connectivity index (χ0n) is 20.6. The van der Waals surface area contributed by atoms with E-state index < -0.39 is 0 Å². The summed E-state index contributed by atoms with van der Waals surface area (Å²) in [6.45, 7) is 4.93. The van der Waals surface area contributed by atoms with Crippen molar-refractivity contribution >= 4 is 11.7 Å². The number of carbonyl (C=O) groups is 1. The fourth-order valence-electron chi connectivity index (χ4n) is 4.85. The third-order valence-electron chi connectivity index (χ3n) is 6.62. The van der Waals surface area contributed by atoms with Crippen LogP contribution in [0.25, 0.3) is 0 Å². The summed E-state index contributed by atoms with van der Waals surface area (Å²) in [5.74, 6) is -0.753. The molecule has 1 aliphatic heterocycles. The zero-order valence-corrected chi connectivity index (χ0v) is 20.6. The van der Waals surface area contributed by atoms with E-state index in [-0.39, 0.29) is 30.2 Å². The first kappa shape index (κ1) is 25.8. The standard InChI is InChI=1S/C29H33F2N3O2/c1-2-36-29(35)20-33(18-22-4-3-5-27(32)14-22)12-13-34-19-23-8-11-26(31)16-24(23)17-28(34)15-21-6-9-25(30)10-7-21/h3-11,14,16,28H,2,12-13,15,17-20,32H2,1H3. The number of ether oxygens (including phenoxy) is 1. The van der Waals surface area contributed by atoms with Crippen LogP contribution in [-0.4, -0.2) is 48.1 Å². The molecular formula is C29H33F2N3O2. The maximum Gasteiger partial charge on any atom is 0.320 e. The van der Waals surface area contributed by atoms with Crippen LogP contribution in [0.5, 0.6) is 0 Å². The Kier molecular flexibility index (Phi) is 8.67. The highest BCUT2D eigenvalue weighted by molar-refractivity contribution is 5.71. The Bertz CT molecular complexity index is 1170. The van der Waals surface area contributed by atoms with E-state index in [1.165, 1.54) is 18.2 Å². The van der Waals surface area contributed by atoms with Crippen LogP contribution in [0.4, 0.5) is 14.5 Å². The van der Waals surface area contributed by atoms with Crippen molar-refractivity contribution in [2.75, 3.05) is 32.0 Å². The van der Waals surface area contributed by atoms with Crippen molar-refractivity contribution in [2.45, 2.75) is 38.9 Å². The van der Waals surface area contributed by atoms with Gasteiger partial charge in [-0.3, -0.25) is 14.6 Å². The van der Waals surface area contributed by atoms with Gasteiger partial charge in [-0.2, -0.15) is 0 Å². The van der Waals surface area contributed by atoms with E-state index >= 15 is 0 Å². The monoisotopic (exact) mass is 493 g/mol. The molecule has 0 bridgehead atoms. The van der Waals surface area contributed by atoms with Gasteiger partial charge < -0.3 is 10.5 Å². The van der Waals surface area contributed by atoms with Crippen LogP contribution in [0.3, 0.4) is 0 Å². The van der Waals surface area contributed by atoms with Gasteiger partial charge in [0.2, 0.25) is 0 Å². The maximum absolute atomic E-state index is 13.9. The Hall–Kier alpha value is -3.29. The number of hydrogen-bond donors (Lipinski definition) is 1. The molecule has 7 heteroatoms. The molecule has 0 saturated carbocycles. The highest BCUT2D eigenvalue weighted by Gasteiger charge is 2.27. The van der Waals surface area contributed by atoms with Crippen LogP contribution >= 0.6 is 0 Å². The van der Waals surface area contributed by atoms with Gasteiger partial charge in [-0.05, 0) is 78.4 Å². The van der Waals surface area contributed by atoms with E-state index in [4.69, 9.17) is 10.5 Å². The van der Waals surface area contributed by atoms with Crippen LogP contribution in [0.2, 0.25) is 0 Å². The molecule has 1 unspecified atom stereocenters. The average molecular weight is 494 g/mol. The van der Waals surface area contributed by atoms with Crippen molar-refractivity contribution in [3.63, 3.8) is 0 Å². The number of nitrogen functional groups attached to an aromatic ring is 1. The minimum atomic E-state index is -0.261. The number of rotatable bonds is 10. The summed E-state index contributed by atoms with van der Waals surface area (Å²) in [5.41, 5.74) is 10.8. The number of anilines is 1. The number of carbonyl (C=O) groups excluding carboxylic acids is 1. The number of nitrogens with two attached hydrogens (primary N) is 1. The first-order valence-corrected chi connectivity index (χ1v) is 12.4. The molecule has 0 aromatic heterocycles. The maximum atomic E-state index is 13.9. The van der Waals surface area contributed by atoms with Gasteiger partial charge in [-0.1, -0.05) is 30.3 Å². The van der Waals surface area contributed by atoms with Crippen LogP contribution in [0.15, 0.2) is 66.7 Å². The van der Waals surface area contributed by atoms with Gasteiger partial charge in [-0.15, -0.1) is 0 Å². The fourth-order valence-corrected chi connectivity index (χ4v) is 4.85. The Morgan fingerprint density at radius 2 is 1.81 bits per heavy atom. The number of nitrogens with zero attached hydrogens (tertiary/aromatic N) is 2. The summed E-state index contributed by atoms with van der Waals surface area (Å²) < 4.78 is 32.6. The van der Waals surface area contributed by atoms with Gasteiger partial charge in [-0.25, -0.2) is 8.78 Å². The normalized spacial score (nSPS) is 15.6.